The Morgan fingerprint density at radius 2 is 2.18 bits per heavy atom. The third-order valence-corrected chi connectivity index (χ3v) is 2.87. The molecule has 0 unspecified atom stereocenters. The molecule has 0 aliphatic carbocycles. The van der Waals surface area contributed by atoms with Crippen LogP contribution < -0.4 is 15.2 Å². The molecule has 1 aliphatic rings. The number of ether oxygens (including phenoxy) is 2. The lowest BCUT2D eigenvalue weighted by molar-refractivity contribution is 0.174. The van der Waals surface area contributed by atoms with Crippen molar-refractivity contribution in [1.29, 1.82) is 0 Å². The Bertz CT molecular complexity index is 570. The molecule has 0 amide bonds. The Morgan fingerprint density at radius 1 is 1.35 bits per heavy atom. The van der Waals surface area contributed by atoms with Crippen molar-refractivity contribution >= 4 is 5.69 Å². The summed E-state index contributed by atoms with van der Waals surface area (Å²) in [7, 11) is 1.90. The van der Waals surface area contributed by atoms with Crippen molar-refractivity contribution in [3.63, 3.8) is 0 Å². The predicted molar refractivity (Wildman–Crippen MR) is 63.9 cm³/mol. The molecule has 2 heterocycles. The number of anilines is 1. The molecule has 17 heavy (non-hydrogen) atoms. The first kappa shape index (κ1) is 10.0. The number of hydrogen-bond acceptors (Lipinski definition) is 4. The van der Waals surface area contributed by atoms with Gasteiger partial charge in [0.15, 0.2) is 11.5 Å². The maximum absolute atomic E-state index is 5.87. The van der Waals surface area contributed by atoms with Gasteiger partial charge in [0.05, 0.1) is 11.9 Å². The van der Waals surface area contributed by atoms with E-state index in [1.807, 2.05) is 30.9 Å². The van der Waals surface area contributed by atoms with Crippen LogP contribution >= 0.6 is 0 Å². The summed E-state index contributed by atoms with van der Waals surface area (Å²) < 4.78 is 12.7. The molecule has 0 bridgehead atoms. The summed E-state index contributed by atoms with van der Waals surface area (Å²) in [4.78, 5) is 0. The minimum atomic E-state index is 0.239. The quantitative estimate of drug-likeness (QED) is 0.759. The lowest BCUT2D eigenvalue weighted by Gasteiger charge is -2.09. The average Bonchev–Trinajstić information content (AvgIpc) is 2.85. The molecule has 1 aromatic carbocycles. The first-order valence-corrected chi connectivity index (χ1v) is 5.35. The van der Waals surface area contributed by atoms with E-state index in [9.17, 15) is 0 Å². The molecule has 3 rings (SSSR count). The molecule has 1 aliphatic heterocycles. The fourth-order valence-electron chi connectivity index (χ4n) is 2.14. The van der Waals surface area contributed by atoms with Crippen LogP contribution in [0.2, 0.25) is 0 Å². The maximum Gasteiger partial charge on any atom is 0.231 e. The fraction of sp³-hybridized carbons (Fsp3) is 0.250. The summed E-state index contributed by atoms with van der Waals surface area (Å²) in [6.45, 7) is 2.25. The second-order valence-corrected chi connectivity index (χ2v) is 4.10. The zero-order valence-corrected chi connectivity index (χ0v) is 9.73. The van der Waals surface area contributed by atoms with E-state index in [1.54, 1.807) is 6.07 Å². The van der Waals surface area contributed by atoms with Crippen LogP contribution in [-0.4, -0.2) is 16.6 Å². The smallest absolute Gasteiger partial charge is 0.231 e. The number of benzene rings is 1. The Kier molecular flexibility index (Phi) is 2.01. The Balaban J connectivity index is 2.28. The first-order chi connectivity index (χ1) is 8.16. The van der Waals surface area contributed by atoms with Gasteiger partial charge in [0.25, 0.3) is 0 Å². The van der Waals surface area contributed by atoms with Crippen LogP contribution in [0, 0.1) is 6.92 Å². The largest absolute Gasteiger partial charge is 0.453 e. The SMILES string of the molecule is Cc1cnn(C)c1-c1cc(N)cc2c1OCO2. The van der Waals surface area contributed by atoms with E-state index in [4.69, 9.17) is 15.2 Å². The van der Waals surface area contributed by atoms with Crippen LogP contribution in [0.3, 0.4) is 0 Å². The number of nitrogens with two attached hydrogens (primary N) is 1. The molecule has 5 heteroatoms. The number of nitrogen functional groups attached to an aromatic ring is 1. The van der Waals surface area contributed by atoms with Crippen LogP contribution in [0.1, 0.15) is 5.56 Å². The van der Waals surface area contributed by atoms with Crippen molar-refractivity contribution in [2.75, 3.05) is 12.5 Å². The lowest BCUT2D eigenvalue weighted by Crippen LogP contribution is -1.97. The van der Waals surface area contributed by atoms with Gasteiger partial charge in [0.2, 0.25) is 6.79 Å². The van der Waals surface area contributed by atoms with Crippen molar-refractivity contribution in [1.82, 2.24) is 9.78 Å². The summed E-state index contributed by atoms with van der Waals surface area (Å²) >= 11 is 0. The summed E-state index contributed by atoms with van der Waals surface area (Å²) in [5.74, 6) is 1.44. The van der Waals surface area contributed by atoms with Gasteiger partial charge in [-0.3, -0.25) is 4.68 Å². The van der Waals surface area contributed by atoms with Gasteiger partial charge < -0.3 is 15.2 Å². The second-order valence-electron chi connectivity index (χ2n) is 4.10. The molecular weight excluding hydrogens is 218 g/mol. The first-order valence-electron chi connectivity index (χ1n) is 5.35. The van der Waals surface area contributed by atoms with E-state index in [1.165, 1.54) is 0 Å². The van der Waals surface area contributed by atoms with Crippen LogP contribution in [0.4, 0.5) is 5.69 Å². The minimum Gasteiger partial charge on any atom is -0.453 e. The van der Waals surface area contributed by atoms with Crippen LogP contribution in [0.15, 0.2) is 18.3 Å². The Labute approximate surface area is 98.8 Å². The number of rotatable bonds is 1. The fourth-order valence-corrected chi connectivity index (χ4v) is 2.14. The van der Waals surface area contributed by atoms with Crippen molar-refractivity contribution in [3.8, 4) is 22.8 Å². The molecule has 0 radical (unpaired) electrons. The highest BCUT2D eigenvalue weighted by Crippen LogP contribution is 2.43. The molecule has 2 aromatic rings. The van der Waals surface area contributed by atoms with E-state index in [-0.39, 0.29) is 6.79 Å². The van der Waals surface area contributed by atoms with Gasteiger partial charge in [-0.1, -0.05) is 0 Å². The second kappa shape index (κ2) is 3.41. The molecule has 1 aromatic heterocycles. The summed E-state index contributed by atoms with van der Waals surface area (Å²) in [5, 5.41) is 4.23. The van der Waals surface area contributed by atoms with Gasteiger partial charge >= 0.3 is 0 Å². The molecule has 88 valence electrons. The average molecular weight is 231 g/mol. The molecule has 0 fully saturated rings. The van der Waals surface area contributed by atoms with Gasteiger partial charge in [0.1, 0.15) is 0 Å². The number of aryl methyl sites for hydroxylation is 2. The van der Waals surface area contributed by atoms with Crippen LogP contribution in [0.25, 0.3) is 11.3 Å². The van der Waals surface area contributed by atoms with E-state index in [2.05, 4.69) is 5.10 Å². The highest BCUT2D eigenvalue weighted by atomic mass is 16.7. The van der Waals surface area contributed by atoms with Crippen molar-refractivity contribution in [2.24, 2.45) is 7.05 Å². The lowest BCUT2D eigenvalue weighted by atomic mass is 10.1. The number of fused-ring (bicyclic) bond motifs is 1. The molecule has 0 saturated heterocycles. The number of aromatic nitrogens is 2. The summed E-state index contributed by atoms with van der Waals surface area (Å²) in [5.41, 5.74) is 9.53. The third kappa shape index (κ3) is 1.43. The van der Waals surface area contributed by atoms with Crippen LogP contribution in [-0.2, 0) is 7.05 Å². The summed E-state index contributed by atoms with van der Waals surface area (Å²) in [6, 6.07) is 3.66. The van der Waals surface area contributed by atoms with Crippen molar-refractivity contribution in [3.05, 3.63) is 23.9 Å². The molecule has 2 N–H and O–H groups in total. The Hall–Kier alpha value is -2.17. The van der Waals surface area contributed by atoms with Gasteiger partial charge in [-0.05, 0) is 18.6 Å². The van der Waals surface area contributed by atoms with Gasteiger partial charge in [-0.15, -0.1) is 0 Å². The zero-order chi connectivity index (χ0) is 12.0. The normalized spacial score (nSPS) is 13.1. The third-order valence-electron chi connectivity index (χ3n) is 2.87. The van der Waals surface area contributed by atoms with Crippen LogP contribution in [0.5, 0.6) is 11.5 Å². The molecule has 0 atom stereocenters. The summed E-state index contributed by atoms with van der Waals surface area (Å²) in [6.07, 6.45) is 1.82. The molecular formula is C12H13N3O2. The zero-order valence-electron chi connectivity index (χ0n) is 9.73. The minimum absolute atomic E-state index is 0.239. The van der Waals surface area contributed by atoms with Gasteiger partial charge in [-0.25, -0.2) is 0 Å². The van der Waals surface area contributed by atoms with Crippen molar-refractivity contribution < 1.29 is 9.47 Å². The number of hydrogen-bond donors (Lipinski definition) is 1. The molecule has 0 spiro atoms. The predicted octanol–water partition coefficient (Wildman–Crippen LogP) is 1.71. The van der Waals surface area contributed by atoms with E-state index in [0.717, 1.165) is 22.6 Å². The van der Waals surface area contributed by atoms with E-state index < -0.39 is 0 Å². The van der Waals surface area contributed by atoms with Crippen molar-refractivity contribution in [2.45, 2.75) is 6.92 Å². The monoisotopic (exact) mass is 231 g/mol. The highest BCUT2D eigenvalue weighted by Gasteiger charge is 2.22. The number of nitrogens with zero attached hydrogens (tertiary/aromatic N) is 2. The maximum atomic E-state index is 5.87. The Morgan fingerprint density at radius 3 is 2.88 bits per heavy atom. The topological polar surface area (TPSA) is 62.3 Å². The van der Waals surface area contributed by atoms with E-state index in [0.29, 0.717) is 11.4 Å². The molecule has 0 saturated carbocycles. The van der Waals surface area contributed by atoms with Gasteiger partial charge in [-0.2, -0.15) is 5.10 Å². The van der Waals surface area contributed by atoms with Gasteiger partial charge in [0, 0.05) is 24.4 Å². The highest BCUT2D eigenvalue weighted by molar-refractivity contribution is 5.78. The van der Waals surface area contributed by atoms with E-state index >= 15 is 0 Å². The molecule has 5 nitrogen and oxygen atoms in total. The standard InChI is InChI=1S/C12H13N3O2/c1-7-5-14-15(2)11(7)9-3-8(13)4-10-12(9)17-6-16-10/h3-5H,6,13H2,1-2H3.